The highest BCUT2D eigenvalue weighted by Gasteiger charge is 2.43. The number of rotatable bonds is 5. The first-order valence-corrected chi connectivity index (χ1v) is 11.7. The lowest BCUT2D eigenvalue weighted by Gasteiger charge is -2.21. The molecule has 0 spiro atoms. The standard InChI is InChI=1S/C23H20ClN3O3S2/c1-3-13(2)27-22(30)20(32-23(27)31)19-16-9-4-5-10-17(16)26(21(19)29)12-18(28)25-15-8-6-7-14(24)11-15/h4-11,13H,3,12H2,1-2H3,(H,25,28)/b20-19-/t13-/m1/s1. The minimum absolute atomic E-state index is 0.0630. The van der Waals surface area contributed by atoms with Crippen LogP contribution in [0.5, 0.6) is 0 Å². The van der Waals surface area contributed by atoms with Crippen molar-refractivity contribution in [2.75, 3.05) is 16.8 Å². The number of carbonyl (C=O) groups is 3. The van der Waals surface area contributed by atoms with Gasteiger partial charge in [0.2, 0.25) is 5.91 Å². The van der Waals surface area contributed by atoms with Crippen molar-refractivity contribution in [1.82, 2.24) is 4.90 Å². The Morgan fingerprint density at radius 2 is 1.91 bits per heavy atom. The first kappa shape index (κ1) is 22.5. The molecule has 2 aliphatic rings. The minimum Gasteiger partial charge on any atom is -0.324 e. The third kappa shape index (κ3) is 4.05. The van der Waals surface area contributed by atoms with E-state index in [9.17, 15) is 14.4 Å². The van der Waals surface area contributed by atoms with Gasteiger partial charge in [0.25, 0.3) is 11.8 Å². The predicted molar refractivity (Wildman–Crippen MR) is 133 cm³/mol. The van der Waals surface area contributed by atoms with Crippen LogP contribution >= 0.6 is 35.6 Å². The van der Waals surface area contributed by atoms with Gasteiger partial charge in [0, 0.05) is 22.3 Å². The molecule has 3 amide bonds. The predicted octanol–water partition coefficient (Wildman–Crippen LogP) is 4.70. The number of amides is 3. The summed E-state index contributed by atoms with van der Waals surface area (Å²) < 4.78 is 0.439. The smallest absolute Gasteiger partial charge is 0.267 e. The van der Waals surface area contributed by atoms with Crippen molar-refractivity contribution in [2.24, 2.45) is 0 Å². The normalized spacial score (nSPS) is 18.9. The van der Waals surface area contributed by atoms with Crippen LogP contribution in [0.4, 0.5) is 11.4 Å². The van der Waals surface area contributed by atoms with Crippen molar-refractivity contribution in [3.63, 3.8) is 0 Å². The molecule has 0 unspecified atom stereocenters. The molecule has 1 atom stereocenters. The maximum Gasteiger partial charge on any atom is 0.267 e. The maximum absolute atomic E-state index is 13.4. The summed E-state index contributed by atoms with van der Waals surface area (Å²) in [4.78, 5) is 42.5. The lowest BCUT2D eigenvalue weighted by Crippen LogP contribution is -2.37. The molecule has 1 saturated heterocycles. The molecule has 164 valence electrons. The van der Waals surface area contributed by atoms with Crippen LogP contribution in [-0.2, 0) is 14.4 Å². The Labute approximate surface area is 200 Å². The number of benzene rings is 2. The number of para-hydroxylation sites is 1. The summed E-state index contributed by atoms with van der Waals surface area (Å²) in [6, 6.07) is 13.9. The second kappa shape index (κ2) is 9.05. The van der Waals surface area contributed by atoms with Gasteiger partial charge in [-0.05, 0) is 37.6 Å². The summed E-state index contributed by atoms with van der Waals surface area (Å²) in [6.07, 6.45) is 0.745. The van der Waals surface area contributed by atoms with E-state index < -0.39 is 5.91 Å². The molecular formula is C23H20ClN3O3S2. The molecule has 2 aromatic carbocycles. The van der Waals surface area contributed by atoms with Crippen molar-refractivity contribution in [3.8, 4) is 0 Å². The number of nitrogens with zero attached hydrogens (tertiary/aromatic N) is 2. The van der Waals surface area contributed by atoms with Gasteiger partial charge in [0.15, 0.2) is 0 Å². The number of fused-ring (bicyclic) bond motifs is 1. The van der Waals surface area contributed by atoms with Crippen LogP contribution in [0.25, 0.3) is 5.57 Å². The Balaban J connectivity index is 1.66. The van der Waals surface area contributed by atoms with Gasteiger partial charge in [-0.15, -0.1) is 0 Å². The molecule has 0 saturated carbocycles. The average Bonchev–Trinajstić information content (AvgIpc) is 3.20. The van der Waals surface area contributed by atoms with Crippen LogP contribution in [0.3, 0.4) is 0 Å². The van der Waals surface area contributed by atoms with Crippen LogP contribution in [0, 0.1) is 0 Å². The fourth-order valence-corrected chi connectivity index (χ4v) is 5.38. The topological polar surface area (TPSA) is 69.7 Å². The zero-order chi connectivity index (χ0) is 23.0. The molecule has 2 aromatic rings. The molecule has 0 radical (unpaired) electrons. The van der Waals surface area contributed by atoms with Gasteiger partial charge >= 0.3 is 0 Å². The molecule has 1 fully saturated rings. The number of carbonyl (C=O) groups excluding carboxylic acids is 3. The number of nitrogens with one attached hydrogen (secondary N) is 1. The first-order chi connectivity index (χ1) is 15.3. The van der Waals surface area contributed by atoms with E-state index >= 15 is 0 Å². The van der Waals surface area contributed by atoms with E-state index in [2.05, 4.69) is 5.32 Å². The summed E-state index contributed by atoms with van der Waals surface area (Å²) >= 11 is 12.5. The maximum atomic E-state index is 13.4. The minimum atomic E-state index is -0.392. The van der Waals surface area contributed by atoms with E-state index in [-0.39, 0.29) is 24.4 Å². The van der Waals surface area contributed by atoms with E-state index in [1.807, 2.05) is 13.8 Å². The lowest BCUT2D eigenvalue weighted by atomic mass is 10.1. The third-order valence-electron chi connectivity index (χ3n) is 5.39. The van der Waals surface area contributed by atoms with E-state index in [1.54, 1.807) is 53.4 Å². The van der Waals surface area contributed by atoms with Crippen LogP contribution in [-0.4, -0.2) is 39.5 Å². The highest BCUT2D eigenvalue weighted by atomic mass is 35.5. The number of thioether (sulfide) groups is 1. The van der Waals surface area contributed by atoms with Crippen molar-refractivity contribution in [3.05, 3.63) is 64.0 Å². The molecule has 0 bridgehead atoms. The van der Waals surface area contributed by atoms with Crippen molar-refractivity contribution < 1.29 is 14.4 Å². The van der Waals surface area contributed by atoms with Gasteiger partial charge in [-0.2, -0.15) is 0 Å². The zero-order valence-corrected chi connectivity index (χ0v) is 19.8. The summed E-state index contributed by atoms with van der Waals surface area (Å²) in [6.45, 7) is 3.71. The molecule has 6 nitrogen and oxygen atoms in total. The monoisotopic (exact) mass is 485 g/mol. The van der Waals surface area contributed by atoms with Crippen molar-refractivity contribution in [2.45, 2.75) is 26.3 Å². The van der Waals surface area contributed by atoms with E-state index in [0.29, 0.717) is 36.8 Å². The first-order valence-electron chi connectivity index (χ1n) is 10.1. The zero-order valence-electron chi connectivity index (χ0n) is 17.4. The molecule has 4 rings (SSSR count). The number of hydrogen-bond donors (Lipinski definition) is 1. The average molecular weight is 486 g/mol. The highest BCUT2D eigenvalue weighted by Crippen LogP contribution is 2.45. The fourth-order valence-electron chi connectivity index (χ4n) is 3.66. The molecule has 1 N–H and O–H groups in total. The van der Waals surface area contributed by atoms with Gasteiger partial charge < -0.3 is 5.32 Å². The highest BCUT2D eigenvalue weighted by molar-refractivity contribution is 8.26. The Bertz CT molecular complexity index is 1180. The number of thiocarbonyl (C=S) groups is 1. The van der Waals surface area contributed by atoms with E-state index in [4.69, 9.17) is 23.8 Å². The van der Waals surface area contributed by atoms with Gasteiger partial charge in [0.05, 0.1) is 16.2 Å². The van der Waals surface area contributed by atoms with Crippen LogP contribution in [0.2, 0.25) is 5.02 Å². The lowest BCUT2D eigenvalue weighted by molar-refractivity contribution is -0.123. The number of hydrogen-bond acceptors (Lipinski definition) is 5. The summed E-state index contributed by atoms with van der Waals surface area (Å²) in [5, 5.41) is 3.25. The Hall–Kier alpha value is -2.68. The molecule has 2 heterocycles. The van der Waals surface area contributed by atoms with Gasteiger partial charge in [-0.25, -0.2) is 0 Å². The van der Waals surface area contributed by atoms with Crippen LogP contribution in [0.15, 0.2) is 53.4 Å². The number of halogens is 1. The van der Waals surface area contributed by atoms with Crippen molar-refractivity contribution in [1.29, 1.82) is 0 Å². The van der Waals surface area contributed by atoms with Crippen LogP contribution in [0.1, 0.15) is 25.8 Å². The Morgan fingerprint density at radius 3 is 2.62 bits per heavy atom. The molecule has 9 heteroatoms. The fraction of sp³-hybridized carbons (Fsp3) is 0.217. The summed E-state index contributed by atoms with van der Waals surface area (Å²) in [5.41, 5.74) is 2.04. The summed E-state index contributed by atoms with van der Waals surface area (Å²) in [5.74, 6) is -1.03. The molecule has 32 heavy (non-hydrogen) atoms. The second-order valence-electron chi connectivity index (χ2n) is 7.47. The van der Waals surface area contributed by atoms with Gasteiger partial charge in [-0.3, -0.25) is 24.2 Å². The van der Waals surface area contributed by atoms with E-state index in [0.717, 1.165) is 18.2 Å². The van der Waals surface area contributed by atoms with Crippen LogP contribution < -0.4 is 10.2 Å². The Morgan fingerprint density at radius 1 is 1.16 bits per heavy atom. The van der Waals surface area contributed by atoms with Gasteiger partial charge in [0.1, 0.15) is 10.9 Å². The van der Waals surface area contributed by atoms with Gasteiger partial charge in [-0.1, -0.05) is 66.8 Å². The molecule has 0 aliphatic carbocycles. The second-order valence-corrected chi connectivity index (χ2v) is 9.55. The van der Waals surface area contributed by atoms with E-state index in [1.165, 1.54) is 4.90 Å². The molecular weight excluding hydrogens is 466 g/mol. The molecule has 0 aromatic heterocycles. The van der Waals surface area contributed by atoms with Crippen molar-refractivity contribution >= 4 is 74.6 Å². The number of anilines is 2. The SMILES string of the molecule is CC[C@@H](C)N1C(=O)/C(=C2/C(=O)N(CC(=O)Nc3cccc(Cl)c3)c3ccccc32)SC1=S. The quantitative estimate of drug-likeness (QED) is 0.491. The largest absolute Gasteiger partial charge is 0.324 e. The summed E-state index contributed by atoms with van der Waals surface area (Å²) in [7, 11) is 0. The molecule has 2 aliphatic heterocycles. The Kier molecular flexibility index (Phi) is 6.37. The third-order valence-corrected chi connectivity index (χ3v) is 7.03.